The molecule has 0 saturated carbocycles. The van der Waals surface area contributed by atoms with E-state index in [1.165, 1.54) is 0 Å². The van der Waals surface area contributed by atoms with Gasteiger partial charge in [0.1, 0.15) is 11.4 Å². The van der Waals surface area contributed by atoms with E-state index in [0.29, 0.717) is 37.2 Å². The van der Waals surface area contributed by atoms with Gasteiger partial charge in [-0.2, -0.15) is 0 Å². The van der Waals surface area contributed by atoms with Crippen LogP contribution in [0.25, 0.3) is 22.0 Å². The number of anilines is 2. The number of likely N-dealkylation sites (tertiary alicyclic amines) is 1. The summed E-state index contributed by atoms with van der Waals surface area (Å²) in [6.45, 7) is 11.5. The van der Waals surface area contributed by atoms with E-state index in [4.69, 9.17) is 14.5 Å². The molecule has 1 amide bonds. The number of benzene rings is 2. The number of aryl methyl sites for hydroxylation is 2. The number of pyridine rings is 1. The molecule has 3 aromatic heterocycles. The van der Waals surface area contributed by atoms with Crippen LogP contribution in [0.3, 0.4) is 0 Å². The molecule has 6 rings (SSSR count). The van der Waals surface area contributed by atoms with E-state index < -0.39 is 5.60 Å². The van der Waals surface area contributed by atoms with Crippen LogP contribution >= 0.6 is 11.3 Å². The highest BCUT2D eigenvalue weighted by molar-refractivity contribution is 7.09. The number of carbonyl (C=O) groups excluding carboxylic acids is 1. The molecular weight excluding hydrogens is 598 g/mol. The second kappa shape index (κ2) is 13.3. The van der Waals surface area contributed by atoms with Gasteiger partial charge in [-0.25, -0.2) is 24.7 Å². The molecule has 5 aromatic rings. The average Bonchev–Trinajstić information content (AvgIpc) is 3.46. The predicted molar refractivity (Wildman–Crippen MR) is 183 cm³/mol. The highest BCUT2D eigenvalue weighted by Crippen LogP contribution is 2.38. The number of hydrogen-bond acceptors (Lipinski definition) is 10. The van der Waals surface area contributed by atoms with Gasteiger partial charge in [0.05, 0.1) is 28.5 Å². The van der Waals surface area contributed by atoms with Crippen LogP contribution in [0.5, 0.6) is 11.6 Å². The lowest BCUT2D eigenvalue weighted by molar-refractivity contribution is 0.0206. The first-order valence-electron chi connectivity index (χ1n) is 15.5. The summed E-state index contributed by atoms with van der Waals surface area (Å²) in [4.78, 5) is 32.9. The minimum atomic E-state index is -0.538. The van der Waals surface area contributed by atoms with Gasteiger partial charge in [0.25, 0.3) is 0 Å². The Balaban J connectivity index is 1.22. The van der Waals surface area contributed by atoms with Gasteiger partial charge in [0.15, 0.2) is 0 Å². The van der Waals surface area contributed by atoms with Crippen molar-refractivity contribution in [3.8, 4) is 22.9 Å². The number of carbonyl (C=O) groups is 1. The van der Waals surface area contributed by atoms with Crippen LogP contribution in [0.4, 0.5) is 16.4 Å². The summed E-state index contributed by atoms with van der Waals surface area (Å²) in [5.74, 6) is 1.67. The smallest absolute Gasteiger partial charge is 0.410 e. The molecule has 2 aromatic carbocycles. The maximum Gasteiger partial charge on any atom is 0.410 e. The zero-order valence-electron chi connectivity index (χ0n) is 26.8. The van der Waals surface area contributed by atoms with Crippen LogP contribution in [0, 0.1) is 13.8 Å². The van der Waals surface area contributed by atoms with Gasteiger partial charge in [-0.15, -0.1) is 11.3 Å². The Labute approximate surface area is 273 Å². The van der Waals surface area contributed by atoms with Gasteiger partial charge in [-0.05, 0) is 77.3 Å². The fourth-order valence-electron chi connectivity index (χ4n) is 5.52. The normalized spacial score (nSPS) is 15.1. The summed E-state index contributed by atoms with van der Waals surface area (Å²) in [5, 5.41) is 12.1. The Hall–Kier alpha value is -4.77. The standard InChI is InChI=1S/C35H39N7O3S/c1-22-13-14-26-27(10-6-12-29(26)38-19-25-21-46-23(2)39-25)31(22)44-32-28(11-7-16-36-32)30-15-17-37-33(41-30)40-24-9-8-18-42(20-24)34(43)45-35(3,4)5/h6-7,10-17,21,24,38H,8-9,18-20H2,1-5H3,(H,37,40,41). The third kappa shape index (κ3) is 7.37. The van der Waals surface area contributed by atoms with Gasteiger partial charge in [0.2, 0.25) is 11.8 Å². The second-order valence-electron chi connectivity index (χ2n) is 12.5. The summed E-state index contributed by atoms with van der Waals surface area (Å²) >= 11 is 1.65. The van der Waals surface area contributed by atoms with E-state index in [0.717, 1.165) is 56.9 Å². The van der Waals surface area contributed by atoms with E-state index in [1.54, 1.807) is 28.6 Å². The van der Waals surface area contributed by atoms with Crippen LogP contribution in [-0.4, -0.2) is 55.7 Å². The van der Waals surface area contributed by atoms with Gasteiger partial charge in [-0.3, -0.25) is 0 Å². The molecule has 10 nitrogen and oxygen atoms in total. The Bertz CT molecular complexity index is 1850. The molecule has 1 fully saturated rings. The SMILES string of the molecule is Cc1nc(CNc2cccc3c(Oc4ncccc4-c4ccnc(NC5CCCN(C(=O)OC(C)(C)C)C5)n4)c(C)ccc23)cs1. The Morgan fingerprint density at radius 3 is 2.70 bits per heavy atom. The second-order valence-corrected chi connectivity index (χ2v) is 13.5. The summed E-state index contributed by atoms with van der Waals surface area (Å²) in [7, 11) is 0. The first-order valence-corrected chi connectivity index (χ1v) is 16.4. The van der Waals surface area contributed by atoms with Crippen molar-refractivity contribution in [3.63, 3.8) is 0 Å². The highest BCUT2D eigenvalue weighted by atomic mass is 32.1. The molecule has 1 atom stereocenters. The molecule has 4 heterocycles. The number of nitrogens with one attached hydrogen (secondary N) is 2. The molecule has 1 saturated heterocycles. The Morgan fingerprint density at radius 2 is 1.89 bits per heavy atom. The first-order chi connectivity index (χ1) is 22.1. The maximum absolute atomic E-state index is 12.7. The number of rotatable bonds is 8. The van der Waals surface area contributed by atoms with E-state index >= 15 is 0 Å². The molecule has 1 aliphatic rings. The molecule has 0 aliphatic carbocycles. The summed E-state index contributed by atoms with van der Waals surface area (Å²) in [6, 6.07) is 16.0. The van der Waals surface area contributed by atoms with Crippen molar-refractivity contribution in [1.82, 2.24) is 24.8 Å². The third-order valence-electron chi connectivity index (χ3n) is 7.64. The summed E-state index contributed by atoms with van der Waals surface area (Å²) in [6.07, 6.45) is 4.90. The van der Waals surface area contributed by atoms with E-state index in [2.05, 4.69) is 55.2 Å². The zero-order valence-corrected chi connectivity index (χ0v) is 27.6. The monoisotopic (exact) mass is 637 g/mol. The fourth-order valence-corrected chi connectivity index (χ4v) is 6.13. The van der Waals surface area contributed by atoms with Crippen LogP contribution in [0.1, 0.15) is 49.9 Å². The maximum atomic E-state index is 12.7. The van der Waals surface area contributed by atoms with Crippen molar-refractivity contribution < 1.29 is 14.3 Å². The number of nitrogens with zero attached hydrogens (tertiary/aromatic N) is 5. The molecule has 0 radical (unpaired) electrons. The summed E-state index contributed by atoms with van der Waals surface area (Å²) in [5.41, 5.74) is 3.91. The lowest BCUT2D eigenvalue weighted by atomic mass is 10.0. The van der Waals surface area contributed by atoms with Crippen LogP contribution < -0.4 is 15.4 Å². The largest absolute Gasteiger partial charge is 0.444 e. The number of ether oxygens (including phenoxy) is 2. The van der Waals surface area contributed by atoms with Crippen molar-refractivity contribution in [2.24, 2.45) is 0 Å². The number of aromatic nitrogens is 4. The number of fused-ring (bicyclic) bond motifs is 1. The van der Waals surface area contributed by atoms with Gasteiger partial charge >= 0.3 is 6.09 Å². The highest BCUT2D eigenvalue weighted by Gasteiger charge is 2.28. The molecule has 1 unspecified atom stereocenters. The number of amides is 1. The quantitative estimate of drug-likeness (QED) is 0.175. The molecule has 11 heteroatoms. The number of thiazole rings is 1. The van der Waals surface area contributed by atoms with Crippen molar-refractivity contribution in [2.45, 2.75) is 65.6 Å². The van der Waals surface area contributed by atoms with E-state index in [9.17, 15) is 4.79 Å². The minimum Gasteiger partial charge on any atom is -0.444 e. The zero-order chi connectivity index (χ0) is 32.3. The molecule has 238 valence electrons. The third-order valence-corrected chi connectivity index (χ3v) is 8.47. The molecule has 46 heavy (non-hydrogen) atoms. The lowest BCUT2D eigenvalue weighted by Gasteiger charge is -2.34. The fraction of sp³-hybridized carbons (Fsp3) is 0.343. The first kappa shape index (κ1) is 31.2. The van der Waals surface area contributed by atoms with Crippen LogP contribution in [-0.2, 0) is 11.3 Å². The lowest BCUT2D eigenvalue weighted by Crippen LogP contribution is -2.47. The number of piperidine rings is 1. The predicted octanol–water partition coefficient (Wildman–Crippen LogP) is 7.98. The van der Waals surface area contributed by atoms with Crippen LogP contribution in [0.2, 0.25) is 0 Å². The molecule has 0 bridgehead atoms. The average molecular weight is 638 g/mol. The molecular formula is C35H39N7O3S. The molecule has 2 N–H and O–H groups in total. The van der Waals surface area contributed by atoms with E-state index in [-0.39, 0.29) is 12.1 Å². The van der Waals surface area contributed by atoms with Crippen molar-refractivity contribution in [3.05, 3.63) is 82.6 Å². The van der Waals surface area contributed by atoms with E-state index in [1.807, 2.05) is 58.9 Å². The van der Waals surface area contributed by atoms with Crippen molar-refractivity contribution in [1.29, 1.82) is 0 Å². The molecule has 0 spiro atoms. The molecule has 1 aliphatic heterocycles. The number of hydrogen-bond donors (Lipinski definition) is 2. The van der Waals surface area contributed by atoms with Crippen molar-refractivity contribution >= 4 is 39.8 Å². The minimum absolute atomic E-state index is 0.00168. The van der Waals surface area contributed by atoms with Crippen molar-refractivity contribution in [2.75, 3.05) is 23.7 Å². The summed E-state index contributed by atoms with van der Waals surface area (Å²) < 4.78 is 12.2. The van der Waals surface area contributed by atoms with Gasteiger partial charge in [-0.1, -0.05) is 24.3 Å². The van der Waals surface area contributed by atoms with Crippen LogP contribution in [0.15, 0.2) is 66.3 Å². The topological polar surface area (TPSA) is 114 Å². The Kier molecular flexibility index (Phi) is 9.03. The Morgan fingerprint density at radius 1 is 1.02 bits per heavy atom. The van der Waals surface area contributed by atoms with Gasteiger partial charge in [0, 0.05) is 53.4 Å². The van der Waals surface area contributed by atoms with Gasteiger partial charge < -0.3 is 25.0 Å².